The number of amides is 2. The highest BCUT2D eigenvalue weighted by molar-refractivity contribution is 7.15. The fourth-order valence-corrected chi connectivity index (χ4v) is 4.60. The van der Waals surface area contributed by atoms with Gasteiger partial charge in [-0.25, -0.2) is 4.98 Å². The Bertz CT molecular complexity index is 900. The predicted molar refractivity (Wildman–Crippen MR) is 108 cm³/mol. The smallest absolute Gasteiger partial charge is 0.290 e. The molecule has 0 bridgehead atoms. The maximum absolute atomic E-state index is 12.8. The molecule has 29 heavy (non-hydrogen) atoms. The van der Waals surface area contributed by atoms with Gasteiger partial charge in [0.2, 0.25) is 11.8 Å². The summed E-state index contributed by atoms with van der Waals surface area (Å²) in [6, 6.07) is 7.06. The molecule has 2 fully saturated rings. The molecule has 0 spiro atoms. The fraction of sp³-hybridized carbons (Fsp3) is 0.400. The number of carbonyl (C=O) groups excluding carboxylic acids is 2. The molecule has 2 amide bonds. The van der Waals surface area contributed by atoms with Crippen LogP contribution in [0.25, 0.3) is 10.6 Å². The molecule has 0 saturated carbocycles. The lowest BCUT2D eigenvalue weighted by Gasteiger charge is -2.40. The van der Waals surface area contributed by atoms with Crippen LogP contribution in [0.1, 0.15) is 24.6 Å². The van der Waals surface area contributed by atoms with Crippen molar-refractivity contribution in [1.82, 2.24) is 14.8 Å². The molecule has 3 heterocycles. The molecule has 1 N–H and O–H groups in total. The predicted octanol–water partition coefficient (Wildman–Crippen LogP) is 2.24. The standard InChI is InChI=1S/C19H21N3O3S.CH2O2/c1-12-18(23)21-8-4-7-16(21)19(24)22(12)11-15-10-20-17(26-15)13-5-3-6-14(9-13)25-2;2-1-3/h3,5-6,9-10,12,16H,4,7-8,11H2,1-2H3;1H,(H,2,3)/t12-,16-;/m0./s1. The van der Waals surface area contributed by atoms with Gasteiger partial charge in [0.25, 0.3) is 6.47 Å². The molecule has 0 aliphatic carbocycles. The van der Waals surface area contributed by atoms with Crippen molar-refractivity contribution in [3.05, 3.63) is 35.3 Å². The summed E-state index contributed by atoms with van der Waals surface area (Å²) in [6.45, 7) is 2.70. The van der Waals surface area contributed by atoms with Gasteiger partial charge in [-0.05, 0) is 31.9 Å². The van der Waals surface area contributed by atoms with Crippen LogP contribution in [0.2, 0.25) is 0 Å². The zero-order valence-electron chi connectivity index (χ0n) is 16.3. The van der Waals surface area contributed by atoms with Crippen LogP contribution in [0, 0.1) is 0 Å². The first-order chi connectivity index (χ1) is 14.0. The van der Waals surface area contributed by atoms with E-state index in [2.05, 4.69) is 4.98 Å². The third-order valence-electron chi connectivity index (χ3n) is 5.13. The first-order valence-corrected chi connectivity index (χ1v) is 10.1. The minimum Gasteiger partial charge on any atom is -0.497 e. The van der Waals surface area contributed by atoms with Crippen molar-refractivity contribution >= 4 is 29.6 Å². The average molecular weight is 417 g/mol. The van der Waals surface area contributed by atoms with Gasteiger partial charge >= 0.3 is 0 Å². The van der Waals surface area contributed by atoms with Crippen molar-refractivity contribution in [2.24, 2.45) is 0 Å². The maximum atomic E-state index is 12.8. The summed E-state index contributed by atoms with van der Waals surface area (Å²) >= 11 is 1.54. The van der Waals surface area contributed by atoms with Crippen LogP contribution in [-0.2, 0) is 20.9 Å². The molecule has 9 heteroatoms. The zero-order chi connectivity index (χ0) is 21.0. The number of methoxy groups -OCH3 is 1. The second kappa shape index (κ2) is 9.04. The maximum Gasteiger partial charge on any atom is 0.290 e. The Hall–Kier alpha value is -2.94. The van der Waals surface area contributed by atoms with Gasteiger partial charge < -0.3 is 19.6 Å². The van der Waals surface area contributed by atoms with Crippen LogP contribution in [0.4, 0.5) is 0 Å². The number of rotatable bonds is 4. The number of aromatic nitrogens is 1. The summed E-state index contributed by atoms with van der Waals surface area (Å²) in [7, 11) is 1.64. The number of carbonyl (C=O) groups is 3. The Labute approximate surface area is 172 Å². The Morgan fingerprint density at radius 1 is 1.34 bits per heavy atom. The van der Waals surface area contributed by atoms with Gasteiger partial charge in [-0.15, -0.1) is 11.3 Å². The monoisotopic (exact) mass is 417 g/mol. The molecule has 8 nitrogen and oxygen atoms in total. The van der Waals surface area contributed by atoms with E-state index in [0.717, 1.165) is 34.0 Å². The second-order valence-electron chi connectivity index (χ2n) is 6.80. The highest BCUT2D eigenvalue weighted by Gasteiger charge is 2.45. The number of hydrogen-bond donors (Lipinski definition) is 1. The third-order valence-corrected chi connectivity index (χ3v) is 6.16. The minimum absolute atomic E-state index is 0.0598. The van der Waals surface area contributed by atoms with Gasteiger partial charge in [0.15, 0.2) is 0 Å². The van der Waals surface area contributed by atoms with E-state index in [1.165, 1.54) is 0 Å². The lowest BCUT2D eigenvalue weighted by Crippen LogP contribution is -2.61. The van der Waals surface area contributed by atoms with Gasteiger partial charge in [0.1, 0.15) is 22.8 Å². The molecular formula is C20H23N3O5S. The summed E-state index contributed by atoms with van der Waals surface area (Å²) in [5.74, 6) is 0.904. The van der Waals surface area contributed by atoms with Gasteiger partial charge in [-0.3, -0.25) is 14.4 Å². The normalized spacial score (nSPS) is 20.8. The molecule has 2 aromatic rings. The van der Waals surface area contributed by atoms with E-state index in [1.54, 1.807) is 34.4 Å². The molecule has 1 aromatic heterocycles. The van der Waals surface area contributed by atoms with Crippen LogP contribution in [-0.4, -0.2) is 63.9 Å². The van der Waals surface area contributed by atoms with Crippen molar-refractivity contribution in [2.75, 3.05) is 13.7 Å². The van der Waals surface area contributed by atoms with E-state index in [4.69, 9.17) is 14.6 Å². The zero-order valence-corrected chi connectivity index (χ0v) is 17.1. The number of benzene rings is 1. The second-order valence-corrected chi connectivity index (χ2v) is 7.92. The lowest BCUT2D eigenvalue weighted by molar-refractivity contribution is -0.159. The summed E-state index contributed by atoms with van der Waals surface area (Å²) in [5, 5.41) is 7.77. The summed E-state index contributed by atoms with van der Waals surface area (Å²) in [4.78, 5) is 42.7. The minimum atomic E-state index is -0.417. The molecule has 1 aromatic carbocycles. The van der Waals surface area contributed by atoms with E-state index >= 15 is 0 Å². The van der Waals surface area contributed by atoms with Gasteiger partial charge in [0, 0.05) is 23.2 Å². The van der Waals surface area contributed by atoms with Crippen molar-refractivity contribution in [1.29, 1.82) is 0 Å². The molecule has 2 atom stereocenters. The average Bonchev–Trinajstić information content (AvgIpc) is 3.40. The Morgan fingerprint density at radius 3 is 2.83 bits per heavy atom. The first-order valence-electron chi connectivity index (χ1n) is 9.28. The van der Waals surface area contributed by atoms with Gasteiger partial charge in [0.05, 0.1) is 13.7 Å². The topological polar surface area (TPSA) is 100 Å². The lowest BCUT2D eigenvalue weighted by atomic mass is 10.1. The van der Waals surface area contributed by atoms with E-state index in [9.17, 15) is 9.59 Å². The molecule has 0 radical (unpaired) electrons. The van der Waals surface area contributed by atoms with Crippen LogP contribution in [0.15, 0.2) is 30.5 Å². The molecule has 2 saturated heterocycles. The number of carboxylic acid groups (broad SMARTS) is 1. The van der Waals surface area contributed by atoms with Crippen LogP contribution < -0.4 is 4.74 Å². The fourth-order valence-electron chi connectivity index (χ4n) is 3.70. The Morgan fingerprint density at radius 2 is 2.10 bits per heavy atom. The van der Waals surface area contributed by atoms with Crippen LogP contribution >= 0.6 is 11.3 Å². The van der Waals surface area contributed by atoms with Crippen molar-refractivity contribution in [3.8, 4) is 16.3 Å². The van der Waals surface area contributed by atoms with E-state index < -0.39 is 6.04 Å². The van der Waals surface area contributed by atoms with Crippen molar-refractivity contribution < 1.29 is 24.2 Å². The van der Waals surface area contributed by atoms with Crippen molar-refractivity contribution in [2.45, 2.75) is 38.4 Å². The first kappa shape index (κ1) is 20.8. The summed E-state index contributed by atoms with van der Waals surface area (Å²) in [6.07, 6.45) is 3.47. The van der Waals surface area contributed by atoms with E-state index in [1.807, 2.05) is 31.2 Å². The SMILES string of the molecule is COc1cccc(-c2ncc(CN3C(=O)[C@@H]4CCCN4C(=O)[C@@H]3C)s2)c1.O=CO. The van der Waals surface area contributed by atoms with E-state index in [-0.39, 0.29) is 24.3 Å². The Balaban J connectivity index is 0.000000755. The molecule has 154 valence electrons. The number of ether oxygens (including phenoxy) is 1. The third kappa shape index (κ3) is 4.24. The van der Waals surface area contributed by atoms with Crippen molar-refractivity contribution in [3.63, 3.8) is 0 Å². The Kier molecular flexibility index (Phi) is 6.48. The number of fused-ring (bicyclic) bond motifs is 1. The molecule has 2 aliphatic heterocycles. The summed E-state index contributed by atoms with van der Waals surface area (Å²) in [5.41, 5.74) is 0.983. The summed E-state index contributed by atoms with van der Waals surface area (Å²) < 4.78 is 5.27. The van der Waals surface area contributed by atoms with E-state index in [0.29, 0.717) is 13.1 Å². The molecule has 0 unspecified atom stereocenters. The largest absolute Gasteiger partial charge is 0.497 e. The van der Waals surface area contributed by atoms with Gasteiger partial charge in [-0.2, -0.15) is 0 Å². The highest BCUT2D eigenvalue weighted by atomic mass is 32.1. The number of hydrogen-bond acceptors (Lipinski definition) is 6. The number of piperazine rings is 1. The quantitative estimate of drug-likeness (QED) is 0.766. The number of nitrogens with zero attached hydrogens (tertiary/aromatic N) is 3. The molecule has 4 rings (SSSR count). The molecular weight excluding hydrogens is 394 g/mol. The highest BCUT2D eigenvalue weighted by Crippen LogP contribution is 2.31. The number of thiazole rings is 1. The van der Waals surface area contributed by atoms with Crippen LogP contribution in [0.3, 0.4) is 0 Å². The van der Waals surface area contributed by atoms with Crippen LogP contribution in [0.5, 0.6) is 5.75 Å². The molecule has 2 aliphatic rings. The van der Waals surface area contributed by atoms with Gasteiger partial charge in [-0.1, -0.05) is 12.1 Å².